The molecule has 0 saturated carbocycles. The molecular weight excluding hydrogens is 226 g/mol. The lowest BCUT2D eigenvalue weighted by Crippen LogP contribution is -2.05. The average Bonchev–Trinajstić information content (AvgIpc) is 2.72. The van der Waals surface area contributed by atoms with Gasteiger partial charge in [-0.05, 0) is 45.2 Å². The molecule has 1 N–H and O–H groups in total. The number of benzene rings is 1. The molecule has 4 heteroatoms. The van der Waals surface area contributed by atoms with Crippen molar-refractivity contribution >= 4 is 5.78 Å². The first-order valence-corrected chi connectivity index (χ1v) is 5.93. The SMILES string of the molecule is CNCc1cn(-c2ccc(C(C)=O)cc2)nc1C. The molecule has 0 spiro atoms. The van der Waals surface area contributed by atoms with Crippen LogP contribution in [0.25, 0.3) is 5.69 Å². The zero-order chi connectivity index (χ0) is 13.1. The van der Waals surface area contributed by atoms with Gasteiger partial charge in [-0.3, -0.25) is 4.79 Å². The molecule has 0 aliphatic carbocycles. The zero-order valence-electron chi connectivity index (χ0n) is 10.9. The Kier molecular flexibility index (Phi) is 3.58. The van der Waals surface area contributed by atoms with Crippen LogP contribution in [-0.2, 0) is 6.54 Å². The molecule has 0 amide bonds. The molecule has 0 atom stereocenters. The van der Waals surface area contributed by atoms with E-state index < -0.39 is 0 Å². The van der Waals surface area contributed by atoms with Gasteiger partial charge in [0, 0.05) is 23.9 Å². The van der Waals surface area contributed by atoms with E-state index in [1.165, 1.54) is 5.56 Å². The summed E-state index contributed by atoms with van der Waals surface area (Å²) in [4.78, 5) is 11.2. The van der Waals surface area contributed by atoms with Crippen molar-refractivity contribution in [2.45, 2.75) is 20.4 Å². The van der Waals surface area contributed by atoms with Gasteiger partial charge in [0.25, 0.3) is 0 Å². The summed E-state index contributed by atoms with van der Waals surface area (Å²) in [5.41, 5.74) is 3.87. The molecule has 0 fully saturated rings. The number of nitrogens with zero attached hydrogens (tertiary/aromatic N) is 2. The minimum absolute atomic E-state index is 0.0778. The second-order valence-electron chi connectivity index (χ2n) is 4.32. The number of aromatic nitrogens is 2. The van der Waals surface area contributed by atoms with Crippen LogP contribution >= 0.6 is 0 Å². The van der Waals surface area contributed by atoms with E-state index in [9.17, 15) is 4.79 Å². The van der Waals surface area contributed by atoms with Crippen molar-refractivity contribution in [1.82, 2.24) is 15.1 Å². The summed E-state index contributed by atoms with van der Waals surface area (Å²) in [7, 11) is 1.92. The fraction of sp³-hybridized carbons (Fsp3) is 0.286. The van der Waals surface area contributed by atoms with Crippen molar-refractivity contribution in [2.24, 2.45) is 0 Å². The van der Waals surface area contributed by atoms with Crippen molar-refractivity contribution in [3.63, 3.8) is 0 Å². The number of hydrogen-bond acceptors (Lipinski definition) is 3. The number of carbonyl (C=O) groups excluding carboxylic acids is 1. The smallest absolute Gasteiger partial charge is 0.159 e. The Morgan fingerprint density at radius 2 is 2.00 bits per heavy atom. The predicted molar refractivity (Wildman–Crippen MR) is 71.1 cm³/mol. The molecule has 1 aromatic carbocycles. The van der Waals surface area contributed by atoms with E-state index >= 15 is 0 Å². The number of nitrogens with one attached hydrogen (secondary N) is 1. The normalized spacial score (nSPS) is 10.6. The highest BCUT2D eigenvalue weighted by Crippen LogP contribution is 2.13. The van der Waals surface area contributed by atoms with Crippen LogP contribution in [-0.4, -0.2) is 22.6 Å². The third-order valence-electron chi connectivity index (χ3n) is 2.91. The molecule has 18 heavy (non-hydrogen) atoms. The summed E-state index contributed by atoms with van der Waals surface area (Å²) in [6.07, 6.45) is 2.01. The van der Waals surface area contributed by atoms with Crippen LogP contribution in [0.15, 0.2) is 30.5 Å². The third-order valence-corrected chi connectivity index (χ3v) is 2.91. The largest absolute Gasteiger partial charge is 0.316 e. The highest BCUT2D eigenvalue weighted by atomic mass is 16.1. The Morgan fingerprint density at radius 3 is 2.56 bits per heavy atom. The molecule has 0 saturated heterocycles. The molecule has 94 valence electrons. The molecule has 2 aromatic rings. The van der Waals surface area contributed by atoms with Crippen molar-refractivity contribution in [2.75, 3.05) is 7.05 Å². The van der Waals surface area contributed by atoms with Gasteiger partial charge in [-0.25, -0.2) is 4.68 Å². The fourth-order valence-electron chi connectivity index (χ4n) is 1.84. The van der Waals surface area contributed by atoms with Crippen molar-refractivity contribution in [3.8, 4) is 5.69 Å². The lowest BCUT2D eigenvalue weighted by Gasteiger charge is -2.02. The van der Waals surface area contributed by atoms with E-state index in [1.54, 1.807) is 6.92 Å². The van der Waals surface area contributed by atoms with Crippen LogP contribution in [0.1, 0.15) is 28.5 Å². The molecule has 1 heterocycles. The summed E-state index contributed by atoms with van der Waals surface area (Å²) >= 11 is 0. The molecule has 0 unspecified atom stereocenters. The van der Waals surface area contributed by atoms with Gasteiger partial charge >= 0.3 is 0 Å². The number of rotatable bonds is 4. The Labute approximate surface area is 107 Å². The average molecular weight is 243 g/mol. The molecule has 0 radical (unpaired) electrons. The first-order valence-electron chi connectivity index (χ1n) is 5.93. The van der Waals surface area contributed by atoms with Crippen LogP contribution < -0.4 is 5.32 Å². The Balaban J connectivity index is 2.31. The quantitative estimate of drug-likeness (QED) is 0.836. The zero-order valence-corrected chi connectivity index (χ0v) is 10.9. The summed E-state index contributed by atoms with van der Waals surface area (Å²) in [5, 5.41) is 7.58. The van der Waals surface area contributed by atoms with Crippen LogP contribution in [0.2, 0.25) is 0 Å². The first-order chi connectivity index (χ1) is 8.61. The maximum Gasteiger partial charge on any atom is 0.159 e. The van der Waals surface area contributed by atoms with Gasteiger partial charge in [-0.1, -0.05) is 0 Å². The number of hydrogen-bond donors (Lipinski definition) is 1. The summed E-state index contributed by atoms with van der Waals surface area (Å²) in [6.45, 7) is 4.36. The van der Waals surface area contributed by atoms with E-state index in [0.717, 1.165) is 23.5 Å². The minimum Gasteiger partial charge on any atom is -0.316 e. The van der Waals surface area contributed by atoms with Crippen molar-refractivity contribution in [3.05, 3.63) is 47.3 Å². The Hall–Kier alpha value is -1.94. The number of Topliss-reactive ketones (excluding diaryl/α,β-unsaturated/α-hetero) is 1. The van der Waals surface area contributed by atoms with E-state index in [2.05, 4.69) is 10.4 Å². The second-order valence-corrected chi connectivity index (χ2v) is 4.32. The third kappa shape index (κ3) is 2.49. The maximum absolute atomic E-state index is 11.2. The van der Waals surface area contributed by atoms with Crippen molar-refractivity contribution in [1.29, 1.82) is 0 Å². The van der Waals surface area contributed by atoms with E-state index in [1.807, 2.05) is 49.1 Å². The molecule has 1 aromatic heterocycles. The lowest BCUT2D eigenvalue weighted by molar-refractivity contribution is 0.101. The number of aryl methyl sites for hydroxylation is 1. The second kappa shape index (κ2) is 5.14. The number of carbonyl (C=O) groups is 1. The summed E-state index contributed by atoms with van der Waals surface area (Å²) in [6, 6.07) is 7.47. The minimum atomic E-state index is 0.0778. The summed E-state index contributed by atoms with van der Waals surface area (Å²) < 4.78 is 1.84. The van der Waals surface area contributed by atoms with Gasteiger partial charge in [0.05, 0.1) is 11.4 Å². The summed E-state index contributed by atoms with van der Waals surface area (Å²) in [5.74, 6) is 0.0778. The molecule has 0 aliphatic rings. The van der Waals surface area contributed by atoms with Crippen LogP contribution in [0.5, 0.6) is 0 Å². The van der Waals surface area contributed by atoms with Gasteiger partial charge in [0.2, 0.25) is 0 Å². The van der Waals surface area contributed by atoms with E-state index in [-0.39, 0.29) is 5.78 Å². The van der Waals surface area contributed by atoms with Crippen LogP contribution in [0.3, 0.4) is 0 Å². The van der Waals surface area contributed by atoms with Gasteiger partial charge < -0.3 is 5.32 Å². The Morgan fingerprint density at radius 1 is 1.33 bits per heavy atom. The van der Waals surface area contributed by atoms with E-state index in [0.29, 0.717) is 0 Å². The maximum atomic E-state index is 11.2. The lowest BCUT2D eigenvalue weighted by atomic mass is 10.1. The molecule has 0 aliphatic heterocycles. The Bertz CT molecular complexity index is 555. The van der Waals surface area contributed by atoms with Gasteiger partial charge in [-0.15, -0.1) is 0 Å². The molecule has 2 rings (SSSR count). The van der Waals surface area contributed by atoms with Crippen LogP contribution in [0.4, 0.5) is 0 Å². The topological polar surface area (TPSA) is 46.9 Å². The van der Waals surface area contributed by atoms with Crippen molar-refractivity contribution < 1.29 is 4.79 Å². The standard InChI is InChI=1S/C14H17N3O/c1-10-13(8-15-3)9-17(16-10)14-6-4-12(5-7-14)11(2)18/h4-7,9,15H,8H2,1-3H3. The highest BCUT2D eigenvalue weighted by molar-refractivity contribution is 5.94. The van der Waals surface area contributed by atoms with E-state index in [4.69, 9.17) is 0 Å². The molecular formula is C14H17N3O. The molecule has 0 bridgehead atoms. The van der Waals surface area contributed by atoms with Gasteiger partial charge in [0.1, 0.15) is 0 Å². The first kappa shape index (κ1) is 12.5. The highest BCUT2D eigenvalue weighted by Gasteiger charge is 2.06. The van der Waals surface area contributed by atoms with Gasteiger partial charge in [0.15, 0.2) is 5.78 Å². The van der Waals surface area contributed by atoms with Crippen LogP contribution in [0, 0.1) is 6.92 Å². The number of ketones is 1. The van der Waals surface area contributed by atoms with Gasteiger partial charge in [-0.2, -0.15) is 5.10 Å². The fourth-order valence-corrected chi connectivity index (χ4v) is 1.84. The predicted octanol–water partition coefficient (Wildman–Crippen LogP) is 2.10. The molecule has 4 nitrogen and oxygen atoms in total. The monoisotopic (exact) mass is 243 g/mol.